The van der Waals surface area contributed by atoms with Crippen molar-refractivity contribution in [1.82, 2.24) is 19.7 Å². The van der Waals surface area contributed by atoms with Crippen molar-refractivity contribution < 1.29 is 4.79 Å². The summed E-state index contributed by atoms with van der Waals surface area (Å²) in [5, 5.41) is 7.48. The minimum absolute atomic E-state index is 0.130. The molecule has 1 aliphatic rings. The number of amides is 1. The number of carbonyl (C=O) groups is 1. The van der Waals surface area contributed by atoms with Crippen LogP contribution in [0.5, 0.6) is 0 Å². The lowest BCUT2D eigenvalue weighted by Crippen LogP contribution is -2.50. The molecule has 1 fully saturated rings. The average Bonchev–Trinajstić information content (AvgIpc) is 3.14. The summed E-state index contributed by atoms with van der Waals surface area (Å²) >= 11 is 1.73. The van der Waals surface area contributed by atoms with Gasteiger partial charge in [-0.15, -0.1) is 11.3 Å². The first-order valence-corrected chi connectivity index (χ1v) is 8.98. The molecule has 0 aliphatic carbocycles. The standard InChI is InChI=1S/C16H23N5OS/c1-3-4-5-15-18-13(12-23-15)9-20-6-7-21(16(22)11-20)14-8-17-19(2)10-14/h8,10,12H,3-7,9,11H2,1-2H3. The monoisotopic (exact) mass is 333 g/mol. The van der Waals surface area contributed by atoms with Gasteiger partial charge < -0.3 is 4.90 Å². The van der Waals surface area contributed by atoms with Crippen LogP contribution in [-0.4, -0.2) is 45.2 Å². The molecule has 7 heteroatoms. The number of nitrogens with zero attached hydrogens (tertiary/aromatic N) is 5. The molecule has 0 unspecified atom stereocenters. The molecule has 1 saturated heterocycles. The first kappa shape index (κ1) is 16.1. The number of aryl methyl sites for hydroxylation is 2. The number of piperazine rings is 1. The predicted molar refractivity (Wildman–Crippen MR) is 91.6 cm³/mol. The number of anilines is 1. The molecule has 23 heavy (non-hydrogen) atoms. The Hall–Kier alpha value is -1.73. The molecule has 0 saturated carbocycles. The van der Waals surface area contributed by atoms with E-state index in [2.05, 4.69) is 27.3 Å². The normalized spacial score (nSPS) is 16.3. The van der Waals surface area contributed by atoms with E-state index in [-0.39, 0.29) is 5.91 Å². The number of hydrogen-bond acceptors (Lipinski definition) is 5. The van der Waals surface area contributed by atoms with E-state index < -0.39 is 0 Å². The Kier molecular flexibility index (Phi) is 5.07. The van der Waals surface area contributed by atoms with Crippen molar-refractivity contribution in [3.63, 3.8) is 0 Å². The maximum absolute atomic E-state index is 12.4. The second kappa shape index (κ2) is 7.23. The summed E-state index contributed by atoms with van der Waals surface area (Å²) < 4.78 is 1.72. The Morgan fingerprint density at radius 1 is 1.35 bits per heavy atom. The lowest BCUT2D eigenvalue weighted by Gasteiger charge is -2.33. The van der Waals surface area contributed by atoms with Gasteiger partial charge in [0.25, 0.3) is 0 Å². The van der Waals surface area contributed by atoms with E-state index in [1.54, 1.807) is 22.2 Å². The van der Waals surface area contributed by atoms with Crippen molar-refractivity contribution in [2.75, 3.05) is 24.5 Å². The van der Waals surface area contributed by atoms with E-state index in [1.807, 2.05) is 18.1 Å². The van der Waals surface area contributed by atoms with E-state index in [0.717, 1.165) is 30.9 Å². The summed E-state index contributed by atoms with van der Waals surface area (Å²) in [6.07, 6.45) is 7.08. The summed E-state index contributed by atoms with van der Waals surface area (Å²) in [4.78, 5) is 21.1. The minimum atomic E-state index is 0.130. The number of hydrogen-bond donors (Lipinski definition) is 0. The minimum Gasteiger partial charge on any atom is -0.307 e. The van der Waals surface area contributed by atoms with Crippen LogP contribution in [0.25, 0.3) is 0 Å². The molecule has 1 aliphatic heterocycles. The molecule has 0 aromatic carbocycles. The lowest BCUT2D eigenvalue weighted by atomic mass is 10.2. The third-order valence-electron chi connectivity index (χ3n) is 4.03. The molecule has 3 rings (SSSR count). The van der Waals surface area contributed by atoms with Crippen LogP contribution in [0.3, 0.4) is 0 Å². The lowest BCUT2D eigenvalue weighted by molar-refractivity contribution is -0.121. The highest BCUT2D eigenvalue weighted by atomic mass is 32.1. The zero-order chi connectivity index (χ0) is 16.2. The van der Waals surface area contributed by atoms with Gasteiger partial charge in [0.15, 0.2) is 0 Å². The smallest absolute Gasteiger partial charge is 0.241 e. The Morgan fingerprint density at radius 3 is 2.91 bits per heavy atom. The van der Waals surface area contributed by atoms with Gasteiger partial charge in [-0.2, -0.15) is 5.10 Å². The molecule has 2 aromatic rings. The van der Waals surface area contributed by atoms with Crippen LogP contribution in [-0.2, 0) is 24.8 Å². The highest BCUT2D eigenvalue weighted by Crippen LogP contribution is 2.18. The number of unbranched alkanes of at least 4 members (excludes halogenated alkanes) is 1. The number of aromatic nitrogens is 3. The topological polar surface area (TPSA) is 54.3 Å². The fraction of sp³-hybridized carbons (Fsp3) is 0.562. The molecular formula is C16H23N5OS. The second-order valence-electron chi connectivity index (χ2n) is 5.96. The largest absolute Gasteiger partial charge is 0.307 e. The third-order valence-corrected chi connectivity index (χ3v) is 4.99. The van der Waals surface area contributed by atoms with Gasteiger partial charge in [0.05, 0.1) is 29.1 Å². The highest BCUT2D eigenvalue weighted by molar-refractivity contribution is 7.09. The average molecular weight is 333 g/mol. The van der Waals surface area contributed by atoms with E-state index in [9.17, 15) is 4.79 Å². The fourth-order valence-electron chi connectivity index (χ4n) is 2.77. The quantitative estimate of drug-likeness (QED) is 0.812. The third kappa shape index (κ3) is 3.97. The van der Waals surface area contributed by atoms with E-state index >= 15 is 0 Å². The Morgan fingerprint density at radius 2 is 2.22 bits per heavy atom. The van der Waals surface area contributed by atoms with Crippen LogP contribution in [0.2, 0.25) is 0 Å². The molecule has 1 amide bonds. The highest BCUT2D eigenvalue weighted by Gasteiger charge is 2.26. The van der Waals surface area contributed by atoms with Gasteiger partial charge in [-0.3, -0.25) is 14.4 Å². The van der Waals surface area contributed by atoms with E-state index in [1.165, 1.54) is 17.8 Å². The van der Waals surface area contributed by atoms with Gasteiger partial charge in [-0.25, -0.2) is 4.98 Å². The van der Waals surface area contributed by atoms with Gasteiger partial charge in [-0.05, 0) is 12.8 Å². The number of rotatable bonds is 6. The summed E-state index contributed by atoms with van der Waals surface area (Å²) in [5.74, 6) is 0.130. The maximum atomic E-state index is 12.4. The molecule has 0 atom stereocenters. The van der Waals surface area contributed by atoms with E-state index in [0.29, 0.717) is 13.1 Å². The zero-order valence-electron chi connectivity index (χ0n) is 13.7. The van der Waals surface area contributed by atoms with Crippen molar-refractivity contribution in [2.45, 2.75) is 32.7 Å². The summed E-state index contributed by atoms with van der Waals surface area (Å²) in [5.41, 5.74) is 1.97. The molecule has 0 bridgehead atoms. The molecule has 0 spiro atoms. The second-order valence-corrected chi connectivity index (χ2v) is 6.91. The summed E-state index contributed by atoms with van der Waals surface area (Å²) in [7, 11) is 1.86. The SMILES string of the molecule is CCCCc1nc(CN2CCN(c3cnn(C)c3)C(=O)C2)cs1. The molecular weight excluding hydrogens is 310 g/mol. The number of thiazole rings is 1. The van der Waals surface area contributed by atoms with Crippen molar-refractivity contribution in [1.29, 1.82) is 0 Å². The van der Waals surface area contributed by atoms with Crippen LogP contribution in [0.15, 0.2) is 17.8 Å². The molecule has 0 radical (unpaired) electrons. The first-order chi connectivity index (χ1) is 11.2. The summed E-state index contributed by atoms with van der Waals surface area (Å²) in [6.45, 7) is 4.97. The molecule has 3 heterocycles. The Bertz CT molecular complexity index is 665. The van der Waals surface area contributed by atoms with Crippen molar-refractivity contribution in [2.24, 2.45) is 7.05 Å². The van der Waals surface area contributed by atoms with Crippen LogP contribution in [0, 0.1) is 0 Å². The van der Waals surface area contributed by atoms with Gasteiger partial charge in [0.2, 0.25) is 5.91 Å². The Balaban J connectivity index is 1.55. The maximum Gasteiger partial charge on any atom is 0.241 e. The number of carbonyl (C=O) groups excluding carboxylic acids is 1. The van der Waals surface area contributed by atoms with Crippen molar-refractivity contribution in [3.8, 4) is 0 Å². The van der Waals surface area contributed by atoms with Gasteiger partial charge in [-0.1, -0.05) is 13.3 Å². The Labute approximate surface area is 140 Å². The van der Waals surface area contributed by atoms with Crippen molar-refractivity contribution >= 4 is 22.9 Å². The van der Waals surface area contributed by atoms with Gasteiger partial charge >= 0.3 is 0 Å². The van der Waals surface area contributed by atoms with Crippen LogP contribution in [0.4, 0.5) is 5.69 Å². The molecule has 2 aromatic heterocycles. The molecule has 0 N–H and O–H groups in total. The van der Waals surface area contributed by atoms with Crippen molar-refractivity contribution in [3.05, 3.63) is 28.5 Å². The molecule has 6 nitrogen and oxygen atoms in total. The molecule has 124 valence electrons. The van der Waals surface area contributed by atoms with Gasteiger partial charge in [0, 0.05) is 38.3 Å². The zero-order valence-corrected chi connectivity index (χ0v) is 14.6. The van der Waals surface area contributed by atoms with Crippen LogP contribution < -0.4 is 4.90 Å². The van der Waals surface area contributed by atoms with Crippen LogP contribution in [0.1, 0.15) is 30.5 Å². The van der Waals surface area contributed by atoms with E-state index in [4.69, 9.17) is 0 Å². The fourth-order valence-corrected chi connectivity index (χ4v) is 3.60. The first-order valence-electron chi connectivity index (χ1n) is 8.10. The van der Waals surface area contributed by atoms with Crippen LogP contribution >= 0.6 is 11.3 Å². The summed E-state index contributed by atoms with van der Waals surface area (Å²) in [6, 6.07) is 0. The predicted octanol–water partition coefficient (Wildman–Crippen LogP) is 2.07. The van der Waals surface area contributed by atoms with Gasteiger partial charge in [0.1, 0.15) is 0 Å².